The van der Waals surface area contributed by atoms with Gasteiger partial charge in [0.1, 0.15) is 5.82 Å². The van der Waals surface area contributed by atoms with Gasteiger partial charge in [-0.05, 0) is 42.6 Å². The van der Waals surface area contributed by atoms with Gasteiger partial charge in [0.2, 0.25) is 0 Å². The number of hydrogen-bond donors (Lipinski definition) is 1. The van der Waals surface area contributed by atoms with Gasteiger partial charge in [-0.2, -0.15) is 0 Å². The zero-order valence-electron chi connectivity index (χ0n) is 11.4. The average molecular weight is 258 g/mol. The summed E-state index contributed by atoms with van der Waals surface area (Å²) in [6.07, 6.45) is 4.31. The Morgan fingerprint density at radius 2 is 2.05 bits per heavy atom. The number of halogens is 1. The molecule has 0 aliphatic carbocycles. The summed E-state index contributed by atoms with van der Waals surface area (Å²) in [6, 6.07) is 9.12. The molecule has 0 bridgehead atoms. The number of nitrogens with one attached hydrogen (secondary N) is 1. The van der Waals surface area contributed by atoms with E-state index in [2.05, 4.69) is 23.3 Å². The number of rotatable bonds is 5. The second-order valence-electron chi connectivity index (χ2n) is 4.70. The first-order valence-corrected chi connectivity index (χ1v) is 6.59. The standard InChI is InChI=1S/C16H19FN2/c1-3-19-16(14-8-12(2)10-18-11-14)9-13-6-4-5-7-15(13)17/h4-8,10-11,16,19H,3,9H2,1-2H3. The molecule has 100 valence electrons. The van der Waals surface area contributed by atoms with Crippen molar-refractivity contribution in [3.05, 3.63) is 65.2 Å². The first kappa shape index (κ1) is 13.7. The van der Waals surface area contributed by atoms with Crippen molar-refractivity contribution >= 4 is 0 Å². The van der Waals surface area contributed by atoms with Gasteiger partial charge in [0.05, 0.1) is 0 Å². The van der Waals surface area contributed by atoms with Gasteiger partial charge in [-0.1, -0.05) is 31.2 Å². The van der Waals surface area contributed by atoms with Crippen LogP contribution < -0.4 is 5.32 Å². The molecule has 0 amide bonds. The summed E-state index contributed by atoms with van der Waals surface area (Å²) in [5.41, 5.74) is 2.95. The van der Waals surface area contributed by atoms with Crippen molar-refractivity contribution in [2.75, 3.05) is 6.54 Å². The van der Waals surface area contributed by atoms with Crippen molar-refractivity contribution in [3.8, 4) is 0 Å². The first-order chi connectivity index (χ1) is 9.20. The highest BCUT2D eigenvalue weighted by Crippen LogP contribution is 2.20. The Balaban J connectivity index is 2.24. The van der Waals surface area contributed by atoms with Crippen molar-refractivity contribution in [3.63, 3.8) is 0 Å². The first-order valence-electron chi connectivity index (χ1n) is 6.59. The lowest BCUT2D eigenvalue weighted by Crippen LogP contribution is -2.23. The quantitative estimate of drug-likeness (QED) is 0.888. The number of likely N-dealkylation sites (N-methyl/N-ethyl adjacent to an activating group) is 1. The molecule has 2 nitrogen and oxygen atoms in total. The average Bonchev–Trinajstić information content (AvgIpc) is 2.40. The minimum atomic E-state index is -0.147. The highest BCUT2D eigenvalue weighted by molar-refractivity contribution is 5.25. The van der Waals surface area contributed by atoms with Crippen molar-refractivity contribution in [2.45, 2.75) is 26.3 Å². The molecule has 0 saturated heterocycles. The van der Waals surface area contributed by atoms with Gasteiger partial charge in [0.25, 0.3) is 0 Å². The molecule has 0 aliphatic rings. The third-order valence-electron chi connectivity index (χ3n) is 3.13. The monoisotopic (exact) mass is 258 g/mol. The van der Waals surface area contributed by atoms with Crippen molar-refractivity contribution in [2.24, 2.45) is 0 Å². The molecule has 1 aromatic heterocycles. The number of aryl methyl sites for hydroxylation is 1. The molecule has 2 aromatic rings. The van der Waals surface area contributed by atoms with Gasteiger partial charge in [-0.15, -0.1) is 0 Å². The highest BCUT2D eigenvalue weighted by Gasteiger charge is 2.13. The molecule has 1 unspecified atom stereocenters. The van der Waals surface area contributed by atoms with Crippen LogP contribution in [0.4, 0.5) is 4.39 Å². The van der Waals surface area contributed by atoms with Gasteiger partial charge < -0.3 is 5.32 Å². The van der Waals surface area contributed by atoms with Crippen LogP contribution in [-0.2, 0) is 6.42 Å². The molecule has 0 fully saturated rings. The largest absolute Gasteiger partial charge is 0.310 e. The van der Waals surface area contributed by atoms with Crippen LogP contribution in [0.15, 0.2) is 42.7 Å². The molecule has 0 aliphatic heterocycles. The van der Waals surface area contributed by atoms with Crippen LogP contribution >= 0.6 is 0 Å². The van der Waals surface area contributed by atoms with Crippen LogP contribution in [0.25, 0.3) is 0 Å². The number of nitrogens with zero attached hydrogens (tertiary/aromatic N) is 1. The lowest BCUT2D eigenvalue weighted by atomic mass is 9.99. The summed E-state index contributed by atoms with van der Waals surface area (Å²) in [7, 11) is 0. The van der Waals surface area contributed by atoms with Gasteiger partial charge in [0, 0.05) is 18.4 Å². The van der Waals surface area contributed by atoms with Gasteiger partial charge >= 0.3 is 0 Å². The second-order valence-corrected chi connectivity index (χ2v) is 4.70. The van der Waals surface area contributed by atoms with Crippen LogP contribution in [0.5, 0.6) is 0 Å². The van der Waals surface area contributed by atoms with Gasteiger partial charge in [0.15, 0.2) is 0 Å². The fraction of sp³-hybridized carbons (Fsp3) is 0.312. The van der Waals surface area contributed by atoms with Crippen LogP contribution in [0.2, 0.25) is 0 Å². The molecule has 1 aromatic carbocycles. The molecule has 19 heavy (non-hydrogen) atoms. The van der Waals surface area contributed by atoms with E-state index in [1.165, 1.54) is 6.07 Å². The van der Waals surface area contributed by atoms with Crippen LogP contribution in [0.1, 0.15) is 29.7 Å². The van der Waals surface area contributed by atoms with E-state index in [1.54, 1.807) is 6.07 Å². The summed E-state index contributed by atoms with van der Waals surface area (Å²) in [5.74, 6) is -0.147. The topological polar surface area (TPSA) is 24.9 Å². The highest BCUT2D eigenvalue weighted by atomic mass is 19.1. The third-order valence-corrected chi connectivity index (χ3v) is 3.13. The summed E-state index contributed by atoms with van der Waals surface area (Å²) in [4.78, 5) is 4.22. The zero-order chi connectivity index (χ0) is 13.7. The van der Waals surface area contributed by atoms with E-state index in [4.69, 9.17) is 0 Å². The second kappa shape index (κ2) is 6.43. The lowest BCUT2D eigenvalue weighted by Gasteiger charge is -2.19. The SMILES string of the molecule is CCNC(Cc1ccccc1F)c1cncc(C)c1. The Hall–Kier alpha value is -1.74. The zero-order valence-corrected chi connectivity index (χ0v) is 11.4. The summed E-state index contributed by atoms with van der Waals surface area (Å²) in [5, 5.41) is 3.40. The summed E-state index contributed by atoms with van der Waals surface area (Å²) < 4.78 is 13.7. The molecule has 0 radical (unpaired) electrons. The van der Waals surface area contributed by atoms with E-state index < -0.39 is 0 Å². The van der Waals surface area contributed by atoms with Crippen molar-refractivity contribution in [1.82, 2.24) is 10.3 Å². The maximum absolute atomic E-state index is 13.7. The molecule has 3 heteroatoms. The maximum Gasteiger partial charge on any atom is 0.126 e. The summed E-state index contributed by atoms with van der Waals surface area (Å²) >= 11 is 0. The van der Waals surface area contributed by atoms with Crippen LogP contribution in [-0.4, -0.2) is 11.5 Å². The number of benzene rings is 1. The predicted octanol–water partition coefficient (Wildman–Crippen LogP) is 3.42. The van der Waals surface area contributed by atoms with E-state index in [-0.39, 0.29) is 11.9 Å². The molecule has 0 saturated carbocycles. The Morgan fingerprint density at radius 1 is 1.26 bits per heavy atom. The molecule has 1 heterocycles. The molecule has 0 spiro atoms. The Morgan fingerprint density at radius 3 is 2.74 bits per heavy atom. The van der Waals surface area contributed by atoms with E-state index in [9.17, 15) is 4.39 Å². The fourth-order valence-electron chi connectivity index (χ4n) is 2.21. The van der Waals surface area contributed by atoms with E-state index in [1.807, 2.05) is 31.5 Å². The molecule has 1 atom stereocenters. The number of pyridine rings is 1. The van der Waals surface area contributed by atoms with Crippen molar-refractivity contribution < 1.29 is 4.39 Å². The normalized spacial score (nSPS) is 12.4. The van der Waals surface area contributed by atoms with Gasteiger partial charge in [-0.25, -0.2) is 4.39 Å². The van der Waals surface area contributed by atoms with Crippen LogP contribution in [0.3, 0.4) is 0 Å². The number of hydrogen-bond acceptors (Lipinski definition) is 2. The Labute approximate surface area is 113 Å². The smallest absolute Gasteiger partial charge is 0.126 e. The van der Waals surface area contributed by atoms with Gasteiger partial charge in [-0.3, -0.25) is 4.98 Å². The van der Waals surface area contributed by atoms with Crippen LogP contribution in [0, 0.1) is 12.7 Å². The van der Waals surface area contributed by atoms with Crippen molar-refractivity contribution in [1.29, 1.82) is 0 Å². The third kappa shape index (κ3) is 3.61. The number of aromatic nitrogens is 1. The summed E-state index contributed by atoms with van der Waals surface area (Å²) in [6.45, 7) is 4.91. The lowest BCUT2D eigenvalue weighted by molar-refractivity contribution is 0.526. The Bertz CT molecular complexity index is 540. The molecule has 1 N–H and O–H groups in total. The Kier molecular flexibility index (Phi) is 4.63. The van der Waals surface area contributed by atoms with E-state index in [0.29, 0.717) is 6.42 Å². The van der Waals surface area contributed by atoms with E-state index in [0.717, 1.165) is 23.2 Å². The minimum absolute atomic E-state index is 0.0919. The minimum Gasteiger partial charge on any atom is -0.310 e. The molecule has 2 rings (SSSR count). The predicted molar refractivity (Wildman–Crippen MR) is 75.5 cm³/mol. The maximum atomic E-state index is 13.7. The fourth-order valence-corrected chi connectivity index (χ4v) is 2.21. The van der Waals surface area contributed by atoms with E-state index >= 15 is 0 Å². The molecular weight excluding hydrogens is 239 g/mol. The molecular formula is C16H19FN2.